The van der Waals surface area contributed by atoms with Crippen LogP contribution in [-0.4, -0.2) is 28.7 Å². The van der Waals surface area contributed by atoms with Gasteiger partial charge in [-0.25, -0.2) is 4.39 Å². The van der Waals surface area contributed by atoms with Crippen LogP contribution < -0.4 is 0 Å². The summed E-state index contributed by atoms with van der Waals surface area (Å²) in [5.41, 5.74) is 1.34. The van der Waals surface area contributed by atoms with Crippen molar-refractivity contribution < 1.29 is 9.18 Å². The SMILES string of the molecule is Cc1ccc(F)cc1C(=O)N1CCCCC1CCBr. The second kappa shape index (κ2) is 6.51. The number of carbonyl (C=O) groups is 1. The molecule has 1 fully saturated rings. The van der Waals surface area contributed by atoms with Gasteiger partial charge in [0.1, 0.15) is 5.82 Å². The molecule has 0 aromatic heterocycles. The number of likely N-dealkylation sites (tertiary alicyclic amines) is 1. The van der Waals surface area contributed by atoms with Crippen LogP contribution in [0.25, 0.3) is 0 Å². The molecule has 2 nitrogen and oxygen atoms in total. The molecule has 1 amide bonds. The first-order chi connectivity index (χ1) is 9.13. The van der Waals surface area contributed by atoms with Crippen LogP contribution in [0.3, 0.4) is 0 Å². The molecule has 104 valence electrons. The molecule has 1 aliphatic heterocycles. The van der Waals surface area contributed by atoms with E-state index in [1.165, 1.54) is 18.6 Å². The number of rotatable bonds is 3. The van der Waals surface area contributed by atoms with Crippen LogP contribution in [0.2, 0.25) is 0 Å². The number of hydrogen-bond acceptors (Lipinski definition) is 1. The average molecular weight is 328 g/mol. The number of aryl methyl sites for hydroxylation is 1. The number of hydrogen-bond donors (Lipinski definition) is 0. The van der Waals surface area contributed by atoms with Crippen LogP contribution >= 0.6 is 15.9 Å². The Balaban J connectivity index is 2.23. The maximum atomic E-state index is 13.3. The molecule has 1 saturated heterocycles. The lowest BCUT2D eigenvalue weighted by atomic mass is 9.98. The molecule has 1 aromatic carbocycles. The zero-order chi connectivity index (χ0) is 13.8. The van der Waals surface area contributed by atoms with Crippen molar-refractivity contribution in [2.75, 3.05) is 11.9 Å². The lowest BCUT2D eigenvalue weighted by molar-refractivity contribution is 0.0608. The van der Waals surface area contributed by atoms with Gasteiger partial charge in [-0.2, -0.15) is 0 Å². The first kappa shape index (κ1) is 14.5. The molecule has 0 N–H and O–H groups in total. The van der Waals surface area contributed by atoms with Gasteiger partial charge in [-0.1, -0.05) is 22.0 Å². The molecule has 0 spiro atoms. The Morgan fingerprint density at radius 3 is 3.00 bits per heavy atom. The third kappa shape index (κ3) is 3.35. The summed E-state index contributed by atoms with van der Waals surface area (Å²) in [5, 5.41) is 0.892. The molecule has 2 rings (SSSR count). The maximum Gasteiger partial charge on any atom is 0.254 e. The predicted octanol–water partition coefficient (Wildman–Crippen LogP) is 3.91. The fourth-order valence-electron chi connectivity index (χ4n) is 2.67. The number of halogens is 2. The molecule has 1 aliphatic rings. The van der Waals surface area contributed by atoms with Crippen molar-refractivity contribution in [2.24, 2.45) is 0 Å². The van der Waals surface area contributed by atoms with Gasteiger partial charge in [0.25, 0.3) is 5.91 Å². The van der Waals surface area contributed by atoms with E-state index in [2.05, 4.69) is 15.9 Å². The van der Waals surface area contributed by atoms with Crippen LogP contribution in [0, 0.1) is 12.7 Å². The van der Waals surface area contributed by atoms with E-state index >= 15 is 0 Å². The van der Waals surface area contributed by atoms with E-state index in [0.29, 0.717) is 5.56 Å². The monoisotopic (exact) mass is 327 g/mol. The van der Waals surface area contributed by atoms with E-state index in [0.717, 1.165) is 36.7 Å². The van der Waals surface area contributed by atoms with Gasteiger partial charge in [0.15, 0.2) is 0 Å². The van der Waals surface area contributed by atoms with Crippen molar-refractivity contribution in [1.82, 2.24) is 4.90 Å². The molecule has 19 heavy (non-hydrogen) atoms. The highest BCUT2D eigenvalue weighted by Crippen LogP contribution is 2.24. The molecular weight excluding hydrogens is 309 g/mol. The second-order valence-corrected chi connectivity index (χ2v) is 5.88. The van der Waals surface area contributed by atoms with E-state index in [1.807, 2.05) is 11.8 Å². The molecule has 1 atom stereocenters. The van der Waals surface area contributed by atoms with Gasteiger partial charge in [-0.3, -0.25) is 4.79 Å². The topological polar surface area (TPSA) is 20.3 Å². The number of carbonyl (C=O) groups excluding carboxylic acids is 1. The standard InChI is InChI=1S/C15H19BrFNO/c1-11-5-6-12(17)10-14(11)15(19)18-9-3-2-4-13(18)7-8-16/h5-6,10,13H,2-4,7-9H2,1H3. The first-order valence-corrected chi connectivity index (χ1v) is 7.88. The lowest BCUT2D eigenvalue weighted by Gasteiger charge is -2.36. The van der Waals surface area contributed by atoms with Crippen molar-refractivity contribution in [1.29, 1.82) is 0 Å². The summed E-state index contributed by atoms with van der Waals surface area (Å²) in [7, 11) is 0. The Morgan fingerprint density at radius 2 is 2.26 bits per heavy atom. The summed E-state index contributed by atoms with van der Waals surface area (Å²) in [6.07, 6.45) is 4.22. The number of alkyl halides is 1. The first-order valence-electron chi connectivity index (χ1n) is 6.76. The fraction of sp³-hybridized carbons (Fsp3) is 0.533. The van der Waals surface area contributed by atoms with Crippen LogP contribution in [0.15, 0.2) is 18.2 Å². The van der Waals surface area contributed by atoms with Crippen LogP contribution in [0.1, 0.15) is 41.6 Å². The molecule has 0 radical (unpaired) electrons. The van der Waals surface area contributed by atoms with Crippen LogP contribution in [0.4, 0.5) is 4.39 Å². The fourth-order valence-corrected chi connectivity index (χ4v) is 3.20. The summed E-state index contributed by atoms with van der Waals surface area (Å²) in [5.74, 6) is -0.370. The van der Waals surface area contributed by atoms with E-state index < -0.39 is 0 Å². The van der Waals surface area contributed by atoms with Crippen LogP contribution in [-0.2, 0) is 0 Å². The summed E-state index contributed by atoms with van der Waals surface area (Å²) < 4.78 is 13.3. The van der Waals surface area contributed by atoms with E-state index in [4.69, 9.17) is 0 Å². The van der Waals surface area contributed by atoms with Crippen molar-refractivity contribution in [2.45, 2.75) is 38.6 Å². The number of benzene rings is 1. The Kier molecular flexibility index (Phi) is 4.97. The van der Waals surface area contributed by atoms with E-state index in [1.54, 1.807) is 6.07 Å². The Morgan fingerprint density at radius 1 is 1.47 bits per heavy atom. The Hall–Kier alpha value is -0.900. The largest absolute Gasteiger partial charge is 0.336 e. The van der Waals surface area contributed by atoms with Gasteiger partial charge >= 0.3 is 0 Å². The summed E-state index contributed by atoms with van der Waals surface area (Å²) in [6.45, 7) is 2.64. The zero-order valence-corrected chi connectivity index (χ0v) is 12.7. The highest BCUT2D eigenvalue weighted by atomic mass is 79.9. The van der Waals surface area contributed by atoms with Crippen molar-refractivity contribution in [3.63, 3.8) is 0 Å². The molecule has 0 aliphatic carbocycles. The summed E-state index contributed by atoms with van der Waals surface area (Å²) in [4.78, 5) is 14.5. The van der Waals surface area contributed by atoms with Crippen molar-refractivity contribution >= 4 is 21.8 Å². The third-order valence-electron chi connectivity index (χ3n) is 3.76. The average Bonchev–Trinajstić information content (AvgIpc) is 2.42. The van der Waals surface area contributed by atoms with E-state index in [9.17, 15) is 9.18 Å². The van der Waals surface area contributed by atoms with Gasteiger partial charge in [0, 0.05) is 23.5 Å². The zero-order valence-electron chi connectivity index (χ0n) is 11.2. The van der Waals surface area contributed by atoms with Gasteiger partial charge in [-0.05, 0) is 50.3 Å². The van der Waals surface area contributed by atoms with Gasteiger partial charge in [0.05, 0.1) is 0 Å². The van der Waals surface area contributed by atoms with Gasteiger partial charge in [0.2, 0.25) is 0 Å². The highest BCUT2D eigenvalue weighted by molar-refractivity contribution is 9.09. The van der Waals surface area contributed by atoms with Crippen molar-refractivity contribution in [3.8, 4) is 0 Å². The predicted molar refractivity (Wildman–Crippen MR) is 78.2 cm³/mol. The number of nitrogens with zero attached hydrogens (tertiary/aromatic N) is 1. The van der Waals surface area contributed by atoms with Gasteiger partial charge < -0.3 is 4.90 Å². The highest BCUT2D eigenvalue weighted by Gasteiger charge is 2.27. The third-order valence-corrected chi connectivity index (χ3v) is 4.22. The molecular formula is C15H19BrFNO. The second-order valence-electron chi connectivity index (χ2n) is 5.09. The number of amides is 1. The Labute approximate surface area is 122 Å². The molecule has 1 aromatic rings. The minimum absolute atomic E-state index is 0.0253. The van der Waals surface area contributed by atoms with Crippen LogP contribution in [0.5, 0.6) is 0 Å². The summed E-state index contributed by atoms with van der Waals surface area (Å²) in [6, 6.07) is 4.71. The Bertz CT molecular complexity index is 461. The molecule has 1 heterocycles. The van der Waals surface area contributed by atoms with Crippen molar-refractivity contribution in [3.05, 3.63) is 35.1 Å². The molecule has 0 bridgehead atoms. The maximum absolute atomic E-state index is 13.3. The smallest absolute Gasteiger partial charge is 0.254 e. The lowest BCUT2D eigenvalue weighted by Crippen LogP contribution is -2.44. The molecule has 4 heteroatoms. The molecule has 0 saturated carbocycles. The summed E-state index contributed by atoms with van der Waals surface area (Å²) >= 11 is 3.45. The normalized spacial score (nSPS) is 19.5. The minimum atomic E-state index is -0.344. The quantitative estimate of drug-likeness (QED) is 0.771. The minimum Gasteiger partial charge on any atom is -0.336 e. The van der Waals surface area contributed by atoms with Gasteiger partial charge in [-0.15, -0.1) is 0 Å². The number of piperidine rings is 1. The molecule has 1 unspecified atom stereocenters. The van der Waals surface area contributed by atoms with E-state index in [-0.39, 0.29) is 17.8 Å².